The van der Waals surface area contributed by atoms with Gasteiger partial charge in [-0.05, 0) is 36.8 Å². The molecule has 0 aromatic heterocycles. The average molecular weight is 276 g/mol. The van der Waals surface area contributed by atoms with Crippen LogP contribution in [0.4, 0.5) is 18.9 Å². The molecule has 0 aliphatic heterocycles. The van der Waals surface area contributed by atoms with E-state index in [1.807, 2.05) is 6.07 Å². The molecular weight excluding hydrogens is 265 g/mol. The Morgan fingerprint density at radius 2 is 1.75 bits per heavy atom. The van der Waals surface area contributed by atoms with Gasteiger partial charge >= 0.3 is 0 Å². The van der Waals surface area contributed by atoms with Gasteiger partial charge in [0.1, 0.15) is 23.5 Å². The predicted octanol–water partition coefficient (Wildman–Crippen LogP) is 3.63. The molecule has 2 rings (SSSR count). The first-order valence-electron chi connectivity index (χ1n) is 5.98. The largest absolute Gasteiger partial charge is 0.384 e. The van der Waals surface area contributed by atoms with Crippen LogP contribution < -0.4 is 5.32 Å². The molecule has 2 aromatic rings. The topological polar surface area (TPSA) is 35.8 Å². The first-order chi connectivity index (χ1) is 9.61. The SMILES string of the molecule is N#Cc1cc(F)ccc1NCCc1c(F)cccc1F. The number of halogens is 3. The van der Waals surface area contributed by atoms with E-state index in [4.69, 9.17) is 5.26 Å². The molecule has 102 valence electrons. The second kappa shape index (κ2) is 6.11. The van der Waals surface area contributed by atoms with Gasteiger partial charge in [-0.15, -0.1) is 0 Å². The summed E-state index contributed by atoms with van der Waals surface area (Å²) in [7, 11) is 0. The summed E-state index contributed by atoms with van der Waals surface area (Å²) < 4.78 is 39.8. The summed E-state index contributed by atoms with van der Waals surface area (Å²) in [5.74, 6) is -1.72. The highest BCUT2D eigenvalue weighted by Gasteiger charge is 2.08. The molecule has 0 atom stereocenters. The highest BCUT2D eigenvalue weighted by Crippen LogP contribution is 2.17. The Morgan fingerprint density at radius 1 is 1.05 bits per heavy atom. The zero-order chi connectivity index (χ0) is 14.5. The third-order valence-corrected chi connectivity index (χ3v) is 2.85. The number of benzene rings is 2. The third-order valence-electron chi connectivity index (χ3n) is 2.85. The van der Waals surface area contributed by atoms with Crippen LogP contribution in [-0.4, -0.2) is 6.54 Å². The van der Waals surface area contributed by atoms with E-state index in [0.29, 0.717) is 5.69 Å². The van der Waals surface area contributed by atoms with Crippen LogP contribution in [0.15, 0.2) is 36.4 Å². The fraction of sp³-hybridized carbons (Fsp3) is 0.133. The van der Waals surface area contributed by atoms with Crippen molar-refractivity contribution in [1.29, 1.82) is 5.26 Å². The standard InChI is InChI=1S/C15H11F3N2/c16-11-4-5-15(10(8-11)9-19)20-7-6-12-13(17)2-1-3-14(12)18/h1-5,8,20H,6-7H2. The van der Waals surface area contributed by atoms with E-state index >= 15 is 0 Å². The Labute approximate surface area is 114 Å². The lowest BCUT2D eigenvalue weighted by Gasteiger charge is -2.09. The summed E-state index contributed by atoms with van der Waals surface area (Å²) in [6, 6.07) is 9.28. The predicted molar refractivity (Wildman–Crippen MR) is 69.7 cm³/mol. The summed E-state index contributed by atoms with van der Waals surface area (Å²) in [5.41, 5.74) is 0.574. The van der Waals surface area contributed by atoms with Crippen molar-refractivity contribution < 1.29 is 13.2 Å². The van der Waals surface area contributed by atoms with Crippen molar-refractivity contribution in [2.24, 2.45) is 0 Å². The summed E-state index contributed by atoms with van der Waals surface area (Å²) in [6.45, 7) is 0.234. The highest BCUT2D eigenvalue weighted by atomic mass is 19.1. The van der Waals surface area contributed by atoms with Gasteiger partial charge < -0.3 is 5.32 Å². The number of nitrogens with zero attached hydrogens (tertiary/aromatic N) is 1. The number of nitriles is 1. The monoisotopic (exact) mass is 276 g/mol. The van der Waals surface area contributed by atoms with Gasteiger partial charge in [0.05, 0.1) is 11.3 Å². The smallest absolute Gasteiger partial charge is 0.129 e. The second-order valence-corrected chi connectivity index (χ2v) is 4.18. The molecule has 2 aromatic carbocycles. The van der Waals surface area contributed by atoms with Gasteiger partial charge in [-0.2, -0.15) is 5.26 Å². The normalized spacial score (nSPS) is 10.1. The van der Waals surface area contributed by atoms with Crippen LogP contribution in [0.2, 0.25) is 0 Å². The van der Waals surface area contributed by atoms with Crippen LogP contribution in [0.3, 0.4) is 0 Å². The quantitative estimate of drug-likeness (QED) is 0.925. The number of anilines is 1. The highest BCUT2D eigenvalue weighted by molar-refractivity contribution is 5.57. The van der Waals surface area contributed by atoms with Gasteiger partial charge in [0.25, 0.3) is 0 Å². The Bertz CT molecular complexity index is 642. The summed E-state index contributed by atoms with van der Waals surface area (Å²) >= 11 is 0. The Balaban J connectivity index is 2.05. The van der Waals surface area contributed by atoms with Gasteiger partial charge in [0, 0.05) is 12.1 Å². The maximum Gasteiger partial charge on any atom is 0.129 e. The first kappa shape index (κ1) is 13.9. The summed E-state index contributed by atoms with van der Waals surface area (Å²) in [5, 5.41) is 11.7. The Hall–Kier alpha value is -2.48. The fourth-order valence-corrected chi connectivity index (χ4v) is 1.86. The van der Waals surface area contributed by atoms with E-state index in [1.54, 1.807) is 0 Å². The number of rotatable bonds is 4. The molecule has 1 N–H and O–H groups in total. The molecule has 2 nitrogen and oxygen atoms in total. The minimum Gasteiger partial charge on any atom is -0.384 e. The average Bonchev–Trinajstić information content (AvgIpc) is 2.43. The van der Waals surface area contributed by atoms with Crippen molar-refractivity contribution in [3.8, 4) is 6.07 Å². The van der Waals surface area contributed by atoms with Gasteiger partial charge in [-0.1, -0.05) is 6.07 Å². The number of hydrogen-bond donors (Lipinski definition) is 1. The minimum absolute atomic E-state index is 0.0133. The molecule has 0 amide bonds. The molecule has 0 unspecified atom stereocenters. The summed E-state index contributed by atoms with van der Waals surface area (Å²) in [4.78, 5) is 0. The second-order valence-electron chi connectivity index (χ2n) is 4.18. The van der Waals surface area contributed by atoms with Gasteiger partial charge in [0.2, 0.25) is 0 Å². The zero-order valence-corrected chi connectivity index (χ0v) is 10.5. The van der Waals surface area contributed by atoms with Crippen LogP contribution >= 0.6 is 0 Å². The molecule has 0 radical (unpaired) electrons. The lowest BCUT2D eigenvalue weighted by Crippen LogP contribution is -2.09. The van der Waals surface area contributed by atoms with Crippen LogP contribution in [0, 0.1) is 28.8 Å². The van der Waals surface area contributed by atoms with Gasteiger partial charge in [-0.3, -0.25) is 0 Å². The van der Waals surface area contributed by atoms with E-state index in [2.05, 4.69) is 5.32 Å². The molecule has 0 spiro atoms. The van der Waals surface area contributed by atoms with Crippen LogP contribution in [0.1, 0.15) is 11.1 Å². The van der Waals surface area contributed by atoms with Crippen LogP contribution in [-0.2, 0) is 6.42 Å². The molecule has 0 aliphatic carbocycles. The molecular formula is C15H11F3N2. The number of hydrogen-bond acceptors (Lipinski definition) is 2. The lowest BCUT2D eigenvalue weighted by atomic mass is 10.1. The van der Waals surface area contributed by atoms with Crippen molar-refractivity contribution in [2.45, 2.75) is 6.42 Å². The van der Waals surface area contributed by atoms with Crippen molar-refractivity contribution in [2.75, 3.05) is 11.9 Å². The fourth-order valence-electron chi connectivity index (χ4n) is 1.86. The van der Waals surface area contributed by atoms with Crippen molar-refractivity contribution in [3.05, 3.63) is 65.0 Å². The van der Waals surface area contributed by atoms with E-state index in [9.17, 15) is 13.2 Å². The Kier molecular flexibility index (Phi) is 4.26. The zero-order valence-electron chi connectivity index (χ0n) is 10.5. The van der Waals surface area contributed by atoms with Crippen molar-refractivity contribution in [3.63, 3.8) is 0 Å². The van der Waals surface area contributed by atoms with E-state index in [-0.39, 0.29) is 24.1 Å². The summed E-state index contributed by atoms with van der Waals surface area (Å²) in [6.07, 6.45) is 0.126. The molecule has 0 bridgehead atoms. The minimum atomic E-state index is -0.605. The molecule has 20 heavy (non-hydrogen) atoms. The van der Waals surface area contributed by atoms with E-state index < -0.39 is 17.5 Å². The third kappa shape index (κ3) is 3.09. The molecule has 0 saturated heterocycles. The van der Waals surface area contributed by atoms with Gasteiger partial charge in [0.15, 0.2) is 0 Å². The molecule has 0 heterocycles. The molecule has 0 aliphatic rings. The molecule has 0 fully saturated rings. The molecule has 0 saturated carbocycles. The lowest BCUT2D eigenvalue weighted by molar-refractivity contribution is 0.557. The number of nitrogens with one attached hydrogen (secondary N) is 1. The van der Waals surface area contributed by atoms with E-state index in [0.717, 1.165) is 6.07 Å². The molecule has 5 heteroatoms. The Morgan fingerprint density at radius 3 is 2.40 bits per heavy atom. The van der Waals surface area contributed by atoms with E-state index in [1.165, 1.54) is 30.3 Å². The first-order valence-corrected chi connectivity index (χ1v) is 5.98. The maximum absolute atomic E-state index is 13.4. The van der Waals surface area contributed by atoms with Crippen molar-refractivity contribution in [1.82, 2.24) is 0 Å². The van der Waals surface area contributed by atoms with Crippen LogP contribution in [0.5, 0.6) is 0 Å². The van der Waals surface area contributed by atoms with Crippen molar-refractivity contribution >= 4 is 5.69 Å². The maximum atomic E-state index is 13.4. The van der Waals surface area contributed by atoms with Gasteiger partial charge in [-0.25, -0.2) is 13.2 Å². The van der Waals surface area contributed by atoms with Crippen LogP contribution in [0.25, 0.3) is 0 Å².